The number of pyridine rings is 1. The second-order valence-corrected chi connectivity index (χ2v) is 5.72. The van der Waals surface area contributed by atoms with E-state index in [1.165, 1.54) is 0 Å². The van der Waals surface area contributed by atoms with Gasteiger partial charge in [0.05, 0.1) is 36.1 Å². The van der Waals surface area contributed by atoms with E-state index < -0.39 is 0 Å². The Balaban J connectivity index is 1.62. The minimum Gasteiger partial charge on any atom is -0.456 e. The number of aromatic nitrogens is 4. The molecule has 0 aliphatic carbocycles. The predicted octanol–water partition coefficient (Wildman–Crippen LogP) is 3.61. The summed E-state index contributed by atoms with van der Waals surface area (Å²) in [7, 11) is 0. The molecule has 0 aliphatic heterocycles. The molecule has 3 heterocycles. The highest BCUT2D eigenvalue weighted by molar-refractivity contribution is 5.86. The number of aromatic amines is 1. The van der Waals surface area contributed by atoms with Crippen molar-refractivity contribution in [2.45, 2.75) is 13.5 Å². The van der Waals surface area contributed by atoms with Gasteiger partial charge in [0, 0.05) is 17.1 Å². The van der Waals surface area contributed by atoms with Gasteiger partial charge in [-0.15, -0.1) is 0 Å². The van der Waals surface area contributed by atoms with Crippen molar-refractivity contribution in [2.75, 3.05) is 0 Å². The van der Waals surface area contributed by atoms with Gasteiger partial charge in [-0.25, -0.2) is 0 Å². The van der Waals surface area contributed by atoms with Gasteiger partial charge in [0.1, 0.15) is 17.2 Å². The molecule has 4 aromatic rings. The van der Waals surface area contributed by atoms with Crippen LogP contribution in [-0.2, 0) is 6.61 Å². The van der Waals surface area contributed by atoms with Crippen molar-refractivity contribution in [2.24, 2.45) is 0 Å². The van der Waals surface area contributed by atoms with Gasteiger partial charge in [0.2, 0.25) is 0 Å². The third kappa shape index (κ3) is 3.20. The lowest BCUT2D eigenvalue weighted by molar-refractivity contribution is 0.276. The topological polar surface area (TPSA) is 83.9 Å². The van der Waals surface area contributed by atoms with Crippen LogP contribution < -0.4 is 4.74 Å². The quantitative estimate of drug-likeness (QED) is 0.596. The SMILES string of the molecule is Cc1cnc(-c2cc3cc(Oc4ccc(CO)nc4)ccc3[nH]2)cn1. The molecule has 3 aromatic heterocycles. The van der Waals surface area contributed by atoms with Gasteiger partial charge in [-0.2, -0.15) is 0 Å². The highest BCUT2D eigenvalue weighted by Gasteiger charge is 2.07. The fourth-order valence-electron chi connectivity index (χ4n) is 2.54. The van der Waals surface area contributed by atoms with Gasteiger partial charge in [-0.05, 0) is 43.3 Å². The average Bonchev–Trinajstić information content (AvgIpc) is 3.06. The van der Waals surface area contributed by atoms with E-state index in [1.54, 1.807) is 30.7 Å². The summed E-state index contributed by atoms with van der Waals surface area (Å²) in [5, 5.41) is 10.1. The summed E-state index contributed by atoms with van der Waals surface area (Å²) in [5.41, 5.74) is 4.20. The Labute approximate surface area is 144 Å². The number of fused-ring (bicyclic) bond motifs is 1. The summed E-state index contributed by atoms with van der Waals surface area (Å²) in [6, 6.07) is 11.4. The third-order valence-corrected chi connectivity index (χ3v) is 3.84. The predicted molar refractivity (Wildman–Crippen MR) is 94.3 cm³/mol. The zero-order valence-corrected chi connectivity index (χ0v) is 13.6. The Hall–Kier alpha value is -3.25. The lowest BCUT2D eigenvalue weighted by atomic mass is 10.2. The maximum atomic E-state index is 9.03. The minimum atomic E-state index is -0.0831. The summed E-state index contributed by atoms with van der Waals surface area (Å²) >= 11 is 0. The molecule has 0 aliphatic rings. The molecular weight excluding hydrogens is 316 g/mol. The van der Waals surface area contributed by atoms with Crippen LogP contribution in [0.3, 0.4) is 0 Å². The first-order valence-electron chi connectivity index (χ1n) is 7.87. The first-order chi connectivity index (χ1) is 12.2. The number of ether oxygens (including phenoxy) is 1. The largest absolute Gasteiger partial charge is 0.456 e. The molecule has 124 valence electrons. The van der Waals surface area contributed by atoms with E-state index in [0.29, 0.717) is 17.2 Å². The van der Waals surface area contributed by atoms with Crippen molar-refractivity contribution in [1.82, 2.24) is 19.9 Å². The molecule has 1 aromatic carbocycles. The molecule has 0 atom stereocenters. The Kier molecular flexibility index (Phi) is 3.87. The number of hydrogen-bond donors (Lipinski definition) is 2. The van der Waals surface area contributed by atoms with Gasteiger partial charge >= 0.3 is 0 Å². The van der Waals surface area contributed by atoms with Gasteiger partial charge < -0.3 is 14.8 Å². The lowest BCUT2D eigenvalue weighted by Crippen LogP contribution is -1.90. The number of hydrogen-bond acceptors (Lipinski definition) is 5. The Morgan fingerprint density at radius 1 is 0.960 bits per heavy atom. The normalized spacial score (nSPS) is 11.0. The summed E-state index contributed by atoms with van der Waals surface area (Å²) in [6.45, 7) is 1.83. The molecule has 25 heavy (non-hydrogen) atoms. The van der Waals surface area contributed by atoms with Crippen molar-refractivity contribution >= 4 is 10.9 Å². The highest BCUT2D eigenvalue weighted by atomic mass is 16.5. The van der Waals surface area contributed by atoms with E-state index in [2.05, 4.69) is 19.9 Å². The molecule has 0 unspecified atom stereocenters. The molecule has 6 nitrogen and oxygen atoms in total. The number of aryl methyl sites for hydroxylation is 1. The molecule has 6 heteroatoms. The fraction of sp³-hybridized carbons (Fsp3) is 0.105. The molecule has 0 fully saturated rings. The number of rotatable bonds is 4. The first kappa shape index (κ1) is 15.3. The van der Waals surface area contributed by atoms with E-state index in [0.717, 1.165) is 28.0 Å². The lowest BCUT2D eigenvalue weighted by Gasteiger charge is -2.05. The average molecular weight is 332 g/mol. The number of aliphatic hydroxyl groups excluding tert-OH is 1. The second kappa shape index (κ2) is 6.33. The van der Waals surface area contributed by atoms with Crippen LogP contribution in [-0.4, -0.2) is 25.0 Å². The summed E-state index contributed by atoms with van der Waals surface area (Å²) in [4.78, 5) is 16.1. The van der Waals surface area contributed by atoms with Crippen molar-refractivity contribution in [3.05, 3.63) is 66.4 Å². The van der Waals surface area contributed by atoms with E-state index in [4.69, 9.17) is 9.84 Å². The van der Waals surface area contributed by atoms with Crippen LogP contribution in [0.1, 0.15) is 11.4 Å². The number of H-pyrrole nitrogens is 1. The van der Waals surface area contributed by atoms with Crippen LogP contribution in [0.25, 0.3) is 22.3 Å². The van der Waals surface area contributed by atoms with E-state index in [1.807, 2.05) is 31.2 Å². The molecular formula is C19H16N4O2. The van der Waals surface area contributed by atoms with Crippen molar-refractivity contribution < 1.29 is 9.84 Å². The molecule has 4 rings (SSSR count). The van der Waals surface area contributed by atoms with Crippen LogP contribution >= 0.6 is 0 Å². The maximum Gasteiger partial charge on any atom is 0.145 e. The van der Waals surface area contributed by atoms with Gasteiger partial charge in [0.25, 0.3) is 0 Å². The Morgan fingerprint density at radius 2 is 1.84 bits per heavy atom. The van der Waals surface area contributed by atoms with Crippen LogP contribution in [0.5, 0.6) is 11.5 Å². The second-order valence-electron chi connectivity index (χ2n) is 5.72. The van der Waals surface area contributed by atoms with Crippen LogP contribution in [0.4, 0.5) is 0 Å². The molecule has 0 bridgehead atoms. The zero-order chi connectivity index (χ0) is 17.2. The van der Waals surface area contributed by atoms with Crippen molar-refractivity contribution in [3.8, 4) is 22.9 Å². The number of nitrogens with zero attached hydrogens (tertiary/aromatic N) is 3. The summed E-state index contributed by atoms with van der Waals surface area (Å²) in [5.74, 6) is 1.34. The Bertz CT molecular complexity index is 1010. The summed E-state index contributed by atoms with van der Waals surface area (Å²) in [6.07, 6.45) is 5.10. The standard InChI is InChI=1S/C19H16N4O2/c1-12-8-22-19(10-20-12)18-7-13-6-15(4-5-17(13)23-18)25-16-3-2-14(11-24)21-9-16/h2-10,23-24H,11H2,1H3. The number of aliphatic hydroxyl groups is 1. The minimum absolute atomic E-state index is 0.0831. The highest BCUT2D eigenvalue weighted by Crippen LogP contribution is 2.28. The first-order valence-corrected chi connectivity index (χ1v) is 7.87. The fourth-order valence-corrected chi connectivity index (χ4v) is 2.54. The van der Waals surface area contributed by atoms with E-state index in [9.17, 15) is 0 Å². The third-order valence-electron chi connectivity index (χ3n) is 3.84. The van der Waals surface area contributed by atoms with Crippen molar-refractivity contribution in [1.29, 1.82) is 0 Å². The molecule has 0 saturated heterocycles. The molecule has 0 spiro atoms. The van der Waals surface area contributed by atoms with E-state index in [-0.39, 0.29) is 6.61 Å². The van der Waals surface area contributed by atoms with Gasteiger partial charge in [-0.1, -0.05) is 0 Å². The van der Waals surface area contributed by atoms with E-state index >= 15 is 0 Å². The van der Waals surface area contributed by atoms with Gasteiger partial charge in [0.15, 0.2) is 0 Å². The zero-order valence-electron chi connectivity index (χ0n) is 13.6. The number of nitrogens with one attached hydrogen (secondary N) is 1. The maximum absolute atomic E-state index is 9.03. The van der Waals surface area contributed by atoms with Crippen molar-refractivity contribution in [3.63, 3.8) is 0 Å². The molecule has 0 saturated carbocycles. The van der Waals surface area contributed by atoms with Crippen LogP contribution in [0.15, 0.2) is 55.0 Å². The van der Waals surface area contributed by atoms with Crippen LogP contribution in [0.2, 0.25) is 0 Å². The summed E-state index contributed by atoms with van der Waals surface area (Å²) < 4.78 is 5.83. The Morgan fingerprint density at radius 3 is 2.56 bits per heavy atom. The van der Waals surface area contributed by atoms with Gasteiger partial charge in [-0.3, -0.25) is 15.0 Å². The molecule has 2 N–H and O–H groups in total. The van der Waals surface area contributed by atoms with Crippen LogP contribution in [0, 0.1) is 6.92 Å². The monoisotopic (exact) mass is 332 g/mol. The smallest absolute Gasteiger partial charge is 0.145 e. The number of benzene rings is 1. The molecule has 0 amide bonds. The molecule has 0 radical (unpaired) electrons.